The average molecular weight is 382 g/mol. The molecule has 1 aromatic carbocycles. The summed E-state index contributed by atoms with van der Waals surface area (Å²) in [4.78, 5) is 16.1. The number of rotatable bonds is 5. The molecule has 2 aromatic heterocycles. The molecular formula is C19H22N6O3. The molecule has 0 spiro atoms. The first-order valence-electron chi connectivity index (χ1n) is 9.17. The van der Waals surface area contributed by atoms with E-state index in [-0.39, 0.29) is 25.3 Å². The zero-order chi connectivity index (χ0) is 19.3. The molecule has 4 N–H and O–H groups in total. The van der Waals surface area contributed by atoms with E-state index >= 15 is 0 Å². The second-order valence-corrected chi connectivity index (χ2v) is 6.43. The number of urea groups is 1. The molecule has 1 fully saturated rings. The highest BCUT2D eigenvalue weighted by molar-refractivity contribution is 5.89. The minimum Gasteiger partial charge on any atom is -0.395 e. The van der Waals surface area contributed by atoms with Gasteiger partial charge in [0.2, 0.25) is 0 Å². The highest BCUT2D eigenvalue weighted by atomic mass is 16.5. The molecular weight excluding hydrogens is 360 g/mol. The van der Waals surface area contributed by atoms with Crippen LogP contribution in [-0.4, -0.2) is 58.6 Å². The first kappa shape index (κ1) is 18.4. The number of hydrogen-bond acceptors (Lipinski definition) is 6. The number of aromatic nitrogens is 3. The Hall–Kier alpha value is -3.01. The molecule has 3 heterocycles. The molecule has 9 heteroatoms. The van der Waals surface area contributed by atoms with Crippen molar-refractivity contribution in [3.05, 3.63) is 48.3 Å². The van der Waals surface area contributed by atoms with Gasteiger partial charge in [0.25, 0.3) is 0 Å². The molecule has 2 amide bonds. The third kappa shape index (κ3) is 3.96. The highest BCUT2D eigenvalue weighted by Crippen LogP contribution is 2.27. The molecule has 28 heavy (non-hydrogen) atoms. The van der Waals surface area contributed by atoms with Gasteiger partial charge in [0.15, 0.2) is 5.65 Å². The molecule has 1 unspecified atom stereocenters. The van der Waals surface area contributed by atoms with Crippen LogP contribution in [0.4, 0.5) is 10.5 Å². The quantitative estimate of drug-likeness (QED) is 0.527. The maximum absolute atomic E-state index is 11.7. The molecule has 0 saturated carbocycles. The summed E-state index contributed by atoms with van der Waals surface area (Å²) in [6.07, 6.45) is 3.47. The van der Waals surface area contributed by atoms with E-state index in [4.69, 9.17) is 9.84 Å². The SMILES string of the molecule is O=C(NCCO)Nc1ccc(-c2cc(C3CNCCO3)c3nccn3n2)cc1. The van der Waals surface area contributed by atoms with Crippen molar-refractivity contribution in [1.82, 2.24) is 25.2 Å². The summed E-state index contributed by atoms with van der Waals surface area (Å²) in [7, 11) is 0. The van der Waals surface area contributed by atoms with Gasteiger partial charge in [-0.05, 0) is 18.2 Å². The number of fused-ring (bicyclic) bond motifs is 1. The topological polar surface area (TPSA) is 113 Å². The fourth-order valence-electron chi connectivity index (χ4n) is 3.15. The molecule has 1 aliphatic heterocycles. The number of aliphatic hydroxyl groups excluding tert-OH is 1. The van der Waals surface area contributed by atoms with Crippen molar-refractivity contribution in [2.75, 3.05) is 38.2 Å². The van der Waals surface area contributed by atoms with Crippen LogP contribution < -0.4 is 16.0 Å². The van der Waals surface area contributed by atoms with Crippen LogP contribution in [0.25, 0.3) is 16.9 Å². The Bertz CT molecular complexity index is 950. The zero-order valence-corrected chi connectivity index (χ0v) is 15.3. The number of imidazole rings is 1. The fourth-order valence-corrected chi connectivity index (χ4v) is 3.15. The van der Waals surface area contributed by atoms with Crippen molar-refractivity contribution in [3.8, 4) is 11.3 Å². The van der Waals surface area contributed by atoms with Crippen LogP contribution in [0.1, 0.15) is 11.7 Å². The molecule has 1 aliphatic rings. The van der Waals surface area contributed by atoms with Gasteiger partial charge in [-0.25, -0.2) is 14.3 Å². The number of nitrogens with zero attached hydrogens (tertiary/aromatic N) is 3. The average Bonchev–Trinajstić information content (AvgIpc) is 3.21. The maximum atomic E-state index is 11.7. The van der Waals surface area contributed by atoms with Gasteiger partial charge in [0, 0.05) is 48.8 Å². The molecule has 3 aromatic rings. The Kier molecular flexibility index (Phi) is 5.47. The summed E-state index contributed by atoms with van der Waals surface area (Å²) in [6, 6.07) is 9.07. The van der Waals surface area contributed by atoms with Gasteiger partial charge in [-0.3, -0.25) is 0 Å². The van der Waals surface area contributed by atoms with Crippen molar-refractivity contribution in [2.24, 2.45) is 0 Å². The standard InChI is InChI=1S/C19H22N6O3/c26-9-6-22-19(27)23-14-3-1-13(2-4-14)16-11-15(17-12-20-7-10-28-17)18-21-5-8-25(18)24-16/h1-5,8,11,17,20,26H,6-7,9-10,12H2,(H2,22,23,27). The monoisotopic (exact) mass is 382 g/mol. The molecule has 0 radical (unpaired) electrons. The highest BCUT2D eigenvalue weighted by Gasteiger charge is 2.21. The number of nitrogens with one attached hydrogen (secondary N) is 3. The van der Waals surface area contributed by atoms with Crippen LogP contribution >= 0.6 is 0 Å². The predicted octanol–water partition coefficient (Wildman–Crippen LogP) is 1.17. The van der Waals surface area contributed by atoms with Gasteiger partial charge in [-0.2, -0.15) is 5.10 Å². The number of morpholine rings is 1. The summed E-state index contributed by atoms with van der Waals surface area (Å²) in [6.45, 7) is 2.35. The van der Waals surface area contributed by atoms with E-state index in [1.165, 1.54) is 0 Å². The van der Waals surface area contributed by atoms with Gasteiger partial charge >= 0.3 is 6.03 Å². The van der Waals surface area contributed by atoms with Crippen molar-refractivity contribution >= 4 is 17.4 Å². The fraction of sp³-hybridized carbons (Fsp3) is 0.316. The second-order valence-electron chi connectivity index (χ2n) is 6.43. The van der Waals surface area contributed by atoms with Crippen LogP contribution in [-0.2, 0) is 4.74 Å². The zero-order valence-electron chi connectivity index (χ0n) is 15.3. The summed E-state index contributed by atoms with van der Waals surface area (Å²) in [5.74, 6) is 0. The van der Waals surface area contributed by atoms with Gasteiger partial charge in [0.05, 0.1) is 25.0 Å². The predicted molar refractivity (Wildman–Crippen MR) is 104 cm³/mol. The van der Waals surface area contributed by atoms with Crippen molar-refractivity contribution in [1.29, 1.82) is 0 Å². The Morgan fingerprint density at radius 2 is 2.21 bits per heavy atom. The summed E-state index contributed by atoms with van der Waals surface area (Å²) >= 11 is 0. The van der Waals surface area contributed by atoms with Crippen molar-refractivity contribution in [2.45, 2.75) is 6.10 Å². The molecule has 1 saturated heterocycles. The Labute approximate surface area is 161 Å². The van der Waals surface area contributed by atoms with Crippen LogP contribution in [0.3, 0.4) is 0 Å². The third-order valence-electron chi connectivity index (χ3n) is 4.50. The summed E-state index contributed by atoms with van der Waals surface area (Å²) < 4.78 is 7.67. The summed E-state index contributed by atoms with van der Waals surface area (Å²) in [5.41, 5.74) is 4.15. The van der Waals surface area contributed by atoms with Gasteiger partial charge in [0.1, 0.15) is 0 Å². The lowest BCUT2D eigenvalue weighted by Crippen LogP contribution is -2.33. The Morgan fingerprint density at radius 3 is 2.96 bits per heavy atom. The second kappa shape index (κ2) is 8.34. The Morgan fingerprint density at radius 1 is 1.36 bits per heavy atom. The number of hydrogen-bond donors (Lipinski definition) is 4. The van der Waals surface area contributed by atoms with Gasteiger partial charge in [-0.15, -0.1) is 0 Å². The van der Waals surface area contributed by atoms with E-state index < -0.39 is 0 Å². The van der Waals surface area contributed by atoms with E-state index in [0.29, 0.717) is 12.3 Å². The van der Waals surface area contributed by atoms with Crippen LogP contribution in [0.2, 0.25) is 0 Å². The third-order valence-corrected chi connectivity index (χ3v) is 4.50. The van der Waals surface area contributed by atoms with E-state index in [1.54, 1.807) is 10.7 Å². The first-order valence-corrected chi connectivity index (χ1v) is 9.17. The Balaban J connectivity index is 1.59. The van der Waals surface area contributed by atoms with Crippen molar-refractivity contribution in [3.63, 3.8) is 0 Å². The van der Waals surface area contributed by atoms with E-state index in [0.717, 1.165) is 35.6 Å². The van der Waals surface area contributed by atoms with Crippen LogP contribution in [0.15, 0.2) is 42.7 Å². The lowest BCUT2D eigenvalue weighted by Gasteiger charge is -2.24. The van der Waals surface area contributed by atoms with Gasteiger partial charge < -0.3 is 25.8 Å². The van der Waals surface area contributed by atoms with Gasteiger partial charge in [-0.1, -0.05) is 12.1 Å². The number of benzene rings is 1. The summed E-state index contributed by atoms with van der Waals surface area (Å²) in [5, 5.41) is 22.0. The number of amides is 2. The van der Waals surface area contributed by atoms with Crippen LogP contribution in [0.5, 0.6) is 0 Å². The molecule has 0 aliphatic carbocycles. The number of carbonyl (C=O) groups is 1. The lowest BCUT2D eigenvalue weighted by molar-refractivity contribution is 0.0282. The number of anilines is 1. The molecule has 4 rings (SSSR count). The minimum atomic E-state index is -0.357. The number of carbonyl (C=O) groups excluding carboxylic acids is 1. The first-order chi connectivity index (χ1) is 13.7. The maximum Gasteiger partial charge on any atom is 0.319 e. The normalized spacial score (nSPS) is 16.8. The van der Waals surface area contributed by atoms with Crippen LogP contribution in [0, 0.1) is 0 Å². The van der Waals surface area contributed by atoms with E-state index in [2.05, 4.69) is 26.0 Å². The smallest absolute Gasteiger partial charge is 0.319 e. The minimum absolute atomic E-state index is 0.0726. The molecule has 9 nitrogen and oxygen atoms in total. The number of aliphatic hydroxyl groups is 1. The molecule has 1 atom stereocenters. The van der Waals surface area contributed by atoms with E-state index in [1.807, 2.05) is 36.5 Å². The largest absolute Gasteiger partial charge is 0.395 e. The van der Waals surface area contributed by atoms with E-state index in [9.17, 15) is 4.79 Å². The number of ether oxygens (including phenoxy) is 1. The van der Waals surface area contributed by atoms with Crippen molar-refractivity contribution < 1.29 is 14.6 Å². The molecule has 146 valence electrons. The lowest BCUT2D eigenvalue weighted by atomic mass is 10.1. The molecule has 0 bridgehead atoms.